The molecule has 3 heteroatoms. The Morgan fingerprint density at radius 2 is 1.90 bits per heavy atom. The Morgan fingerprint density at radius 1 is 1.15 bits per heavy atom. The summed E-state index contributed by atoms with van der Waals surface area (Å²) in [5, 5.41) is 3.11. The molecular weight excluding hydrogens is 248 g/mol. The summed E-state index contributed by atoms with van der Waals surface area (Å²) in [6, 6.07) is 12.1. The molecule has 3 nitrogen and oxygen atoms in total. The number of para-hydroxylation sites is 1. The third-order valence-electron chi connectivity index (χ3n) is 3.18. The SMILES string of the molecule is CNc1ccnc(COc2ccccc2C(C)(C)C)c1. The van der Waals surface area contributed by atoms with E-state index in [1.807, 2.05) is 37.4 Å². The minimum Gasteiger partial charge on any atom is -0.487 e. The topological polar surface area (TPSA) is 34.2 Å². The van der Waals surface area contributed by atoms with E-state index in [9.17, 15) is 0 Å². The van der Waals surface area contributed by atoms with Gasteiger partial charge in [-0.1, -0.05) is 39.0 Å². The lowest BCUT2D eigenvalue weighted by Gasteiger charge is -2.22. The van der Waals surface area contributed by atoms with Gasteiger partial charge in [0.25, 0.3) is 0 Å². The molecule has 0 aliphatic rings. The summed E-state index contributed by atoms with van der Waals surface area (Å²) < 4.78 is 5.96. The van der Waals surface area contributed by atoms with E-state index in [2.05, 4.69) is 37.1 Å². The highest BCUT2D eigenvalue weighted by atomic mass is 16.5. The lowest BCUT2D eigenvalue weighted by atomic mass is 9.86. The highest BCUT2D eigenvalue weighted by Gasteiger charge is 2.18. The van der Waals surface area contributed by atoms with Crippen LogP contribution in [-0.4, -0.2) is 12.0 Å². The lowest BCUT2D eigenvalue weighted by molar-refractivity contribution is 0.293. The fourth-order valence-corrected chi connectivity index (χ4v) is 2.08. The van der Waals surface area contributed by atoms with Gasteiger partial charge in [0.2, 0.25) is 0 Å². The number of hydrogen-bond donors (Lipinski definition) is 1. The van der Waals surface area contributed by atoms with Gasteiger partial charge in [-0.2, -0.15) is 0 Å². The lowest BCUT2D eigenvalue weighted by Crippen LogP contribution is -2.13. The number of aromatic nitrogens is 1. The van der Waals surface area contributed by atoms with Gasteiger partial charge in [0.15, 0.2) is 0 Å². The van der Waals surface area contributed by atoms with Crippen LogP contribution in [0.15, 0.2) is 42.6 Å². The molecule has 106 valence electrons. The molecule has 2 aromatic rings. The zero-order valence-electron chi connectivity index (χ0n) is 12.6. The molecule has 1 aromatic carbocycles. The monoisotopic (exact) mass is 270 g/mol. The standard InChI is InChI=1S/C17H22N2O/c1-17(2,3)15-7-5-6-8-16(15)20-12-14-11-13(18-4)9-10-19-14/h5-11H,12H2,1-4H3,(H,18,19). The second-order valence-electron chi connectivity index (χ2n) is 5.82. The maximum atomic E-state index is 5.96. The van der Waals surface area contributed by atoms with Crippen molar-refractivity contribution in [3.63, 3.8) is 0 Å². The summed E-state index contributed by atoms with van der Waals surface area (Å²) in [4.78, 5) is 4.33. The first-order valence-electron chi connectivity index (χ1n) is 6.85. The van der Waals surface area contributed by atoms with Gasteiger partial charge in [-0.3, -0.25) is 4.98 Å². The second kappa shape index (κ2) is 5.95. The van der Waals surface area contributed by atoms with E-state index in [4.69, 9.17) is 4.74 Å². The molecule has 0 fully saturated rings. The Morgan fingerprint density at radius 3 is 2.60 bits per heavy atom. The molecule has 0 atom stereocenters. The Balaban J connectivity index is 2.15. The molecule has 0 saturated heterocycles. The first-order chi connectivity index (χ1) is 9.50. The second-order valence-corrected chi connectivity index (χ2v) is 5.82. The molecule has 0 unspecified atom stereocenters. The Hall–Kier alpha value is -2.03. The van der Waals surface area contributed by atoms with Crippen molar-refractivity contribution >= 4 is 5.69 Å². The van der Waals surface area contributed by atoms with Crippen LogP contribution in [0.4, 0.5) is 5.69 Å². The largest absolute Gasteiger partial charge is 0.487 e. The average molecular weight is 270 g/mol. The summed E-state index contributed by atoms with van der Waals surface area (Å²) in [7, 11) is 1.90. The molecule has 0 saturated carbocycles. The van der Waals surface area contributed by atoms with Crippen LogP contribution >= 0.6 is 0 Å². The summed E-state index contributed by atoms with van der Waals surface area (Å²) in [6.07, 6.45) is 1.79. The quantitative estimate of drug-likeness (QED) is 0.911. The van der Waals surface area contributed by atoms with Crippen LogP contribution < -0.4 is 10.1 Å². The van der Waals surface area contributed by atoms with Crippen LogP contribution in [-0.2, 0) is 12.0 Å². The van der Waals surface area contributed by atoms with Crippen molar-refractivity contribution in [3.05, 3.63) is 53.9 Å². The number of anilines is 1. The number of hydrogen-bond acceptors (Lipinski definition) is 3. The van der Waals surface area contributed by atoms with E-state index in [1.165, 1.54) is 5.56 Å². The molecule has 1 heterocycles. The van der Waals surface area contributed by atoms with Crippen molar-refractivity contribution in [1.29, 1.82) is 0 Å². The summed E-state index contributed by atoms with van der Waals surface area (Å²) in [6.45, 7) is 7.04. The summed E-state index contributed by atoms with van der Waals surface area (Å²) >= 11 is 0. The fourth-order valence-electron chi connectivity index (χ4n) is 2.08. The summed E-state index contributed by atoms with van der Waals surface area (Å²) in [5.74, 6) is 0.927. The molecule has 1 aromatic heterocycles. The predicted octanol–water partition coefficient (Wildman–Crippen LogP) is 4.00. The number of nitrogens with zero attached hydrogens (tertiary/aromatic N) is 1. The van der Waals surface area contributed by atoms with E-state index >= 15 is 0 Å². The third kappa shape index (κ3) is 3.50. The highest BCUT2D eigenvalue weighted by molar-refractivity contribution is 5.42. The van der Waals surface area contributed by atoms with Gasteiger partial charge in [0.1, 0.15) is 12.4 Å². The van der Waals surface area contributed by atoms with E-state index in [-0.39, 0.29) is 5.41 Å². The van der Waals surface area contributed by atoms with E-state index in [0.29, 0.717) is 6.61 Å². The molecule has 0 aliphatic carbocycles. The van der Waals surface area contributed by atoms with E-state index < -0.39 is 0 Å². The first kappa shape index (κ1) is 14.4. The maximum absolute atomic E-state index is 5.96. The molecule has 0 aliphatic heterocycles. The van der Waals surface area contributed by atoms with Gasteiger partial charge in [-0.15, -0.1) is 0 Å². The molecule has 2 rings (SSSR count). The van der Waals surface area contributed by atoms with Gasteiger partial charge >= 0.3 is 0 Å². The minimum absolute atomic E-state index is 0.0663. The van der Waals surface area contributed by atoms with Crippen LogP contribution in [0.25, 0.3) is 0 Å². The molecule has 0 radical (unpaired) electrons. The molecule has 0 spiro atoms. The van der Waals surface area contributed by atoms with Crippen molar-refractivity contribution in [3.8, 4) is 5.75 Å². The Bertz CT molecular complexity index is 573. The number of ether oxygens (including phenoxy) is 1. The van der Waals surface area contributed by atoms with Gasteiger partial charge in [0.05, 0.1) is 5.69 Å². The molecule has 20 heavy (non-hydrogen) atoms. The molecule has 1 N–H and O–H groups in total. The highest BCUT2D eigenvalue weighted by Crippen LogP contribution is 2.31. The van der Waals surface area contributed by atoms with Crippen molar-refractivity contribution in [2.75, 3.05) is 12.4 Å². The van der Waals surface area contributed by atoms with Crippen molar-refractivity contribution in [1.82, 2.24) is 4.98 Å². The fraction of sp³-hybridized carbons (Fsp3) is 0.353. The van der Waals surface area contributed by atoms with Gasteiger partial charge in [-0.05, 0) is 29.2 Å². The first-order valence-corrected chi connectivity index (χ1v) is 6.85. The van der Waals surface area contributed by atoms with Crippen LogP contribution in [0.5, 0.6) is 5.75 Å². The predicted molar refractivity (Wildman–Crippen MR) is 83.3 cm³/mol. The van der Waals surface area contributed by atoms with Crippen molar-refractivity contribution in [2.24, 2.45) is 0 Å². The van der Waals surface area contributed by atoms with E-state index in [0.717, 1.165) is 17.1 Å². The summed E-state index contributed by atoms with van der Waals surface area (Å²) in [5.41, 5.74) is 3.24. The zero-order chi connectivity index (χ0) is 14.6. The van der Waals surface area contributed by atoms with Gasteiger partial charge in [0, 0.05) is 18.9 Å². The van der Waals surface area contributed by atoms with Crippen LogP contribution in [0.2, 0.25) is 0 Å². The Kier molecular flexibility index (Phi) is 4.28. The smallest absolute Gasteiger partial charge is 0.130 e. The number of benzene rings is 1. The maximum Gasteiger partial charge on any atom is 0.130 e. The molecular formula is C17H22N2O. The van der Waals surface area contributed by atoms with Crippen LogP contribution in [0.3, 0.4) is 0 Å². The minimum atomic E-state index is 0.0663. The van der Waals surface area contributed by atoms with Crippen molar-refractivity contribution in [2.45, 2.75) is 32.8 Å². The zero-order valence-corrected chi connectivity index (χ0v) is 12.6. The van der Waals surface area contributed by atoms with Crippen LogP contribution in [0, 0.1) is 0 Å². The third-order valence-corrected chi connectivity index (χ3v) is 3.18. The number of rotatable bonds is 4. The molecule has 0 bridgehead atoms. The number of nitrogens with one attached hydrogen (secondary N) is 1. The molecule has 0 amide bonds. The van der Waals surface area contributed by atoms with E-state index in [1.54, 1.807) is 6.20 Å². The number of pyridine rings is 1. The Labute approximate surface area is 121 Å². The van der Waals surface area contributed by atoms with Gasteiger partial charge < -0.3 is 10.1 Å². The normalized spacial score (nSPS) is 11.2. The average Bonchev–Trinajstić information content (AvgIpc) is 2.44. The van der Waals surface area contributed by atoms with Gasteiger partial charge in [-0.25, -0.2) is 0 Å². The van der Waals surface area contributed by atoms with Crippen LogP contribution in [0.1, 0.15) is 32.0 Å². The van der Waals surface area contributed by atoms with Crippen molar-refractivity contribution < 1.29 is 4.74 Å².